The Morgan fingerprint density at radius 1 is 0.814 bits per heavy atom. The molecule has 4 fully saturated rings. The second-order valence-corrected chi connectivity index (χ2v) is 13.5. The summed E-state index contributed by atoms with van der Waals surface area (Å²) in [6.07, 6.45) is 15.3. The van der Waals surface area contributed by atoms with Crippen molar-refractivity contribution in [2.75, 3.05) is 6.61 Å². The maximum atomic E-state index is 14.5. The first-order chi connectivity index (χ1) is 21.0. The van der Waals surface area contributed by atoms with Gasteiger partial charge < -0.3 is 9.30 Å². The van der Waals surface area contributed by atoms with E-state index in [1.165, 1.54) is 74.8 Å². The summed E-state index contributed by atoms with van der Waals surface area (Å²) >= 11 is 0. The number of ether oxygens (including phenoxy) is 1. The van der Waals surface area contributed by atoms with Gasteiger partial charge in [-0.1, -0.05) is 50.3 Å². The maximum Gasteiger partial charge on any atom is 0.326 e. The van der Waals surface area contributed by atoms with Gasteiger partial charge in [0, 0.05) is 30.2 Å². The summed E-state index contributed by atoms with van der Waals surface area (Å²) in [6.45, 7) is 1.70. The molecule has 2 unspecified atom stereocenters. The van der Waals surface area contributed by atoms with Crippen LogP contribution in [-0.4, -0.2) is 49.7 Å². The van der Waals surface area contributed by atoms with Crippen LogP contribution in [0.2, 0.25) is 0 Å². The van der Waals surface area contributed by atoms with Crippen LogP contribution in [0.15, 0.2) is 52.1 Å². The third-order valence-corrected chi connectivity index (χ3v) is 10.8. The van der Waals surface area contributed by atoms with Gasteiger partial charge in [0.15, 0.2) is 5.69 Å². The van der Waals surface area contributed by atoms with Gasteiger partial charge in [-0.25, -0.2) is 4.98 Å². The van der Waals surface area contributed by atoms with Gasteiger partial charge in [0.2, 0.25) is 0 Å². The van der Waals surface area contributed by atoms with Crippen molar-refractivity contribution in [3.8, 4) is 11.4 Å². The quantitative estimate of drug-likeness (QED) is 0.345. The predicted molar refractivity (Wildman–Crippen MR) is 167 cm³/mol. The lowest BCUT2D eigenvalue weighted by Gasteiger charge is -2.54. The number of benzene rings is 1. The van der Waals surface area contributed by atoms with E-state index < -0.39 is 5.97 Å². The van der Waals surface area contributed by atoms with Crippen LogP contribution in [0.1, 0.15) is 90.0 Å². The molecule has 6 atom stereocenters. The van der Waals surface area contributed by atoms with E-state index in [4.69, 9.17) is 9.72 Å². The molecule has 0 radical (unpaired) electrons. The molecule has 8 nitrogen and oxygen atoms in total. The van der Waals surface area contributed by atoms with Crippen molar-refractivity contribution < 1.29 is 9.53 Å². The first-order valence-corrected chi connectivity index (χ1v) is 16.6. The molecule has 4 bridgehead atoms. The van der Waals surface area contributed by atoms with E-state index in [1.54, 1.807) is 19.1 Å². The number of rotatable bonds is 6. The maximum absolute atomic E-state index is 14.5. The Labute approximate surface area is 253 Å². The van der Waals surface area contributed by atoms with E-state index in [0.29, 0.717) is 23.8 Å². The molecule has 4 aliphatic rings. The number of carbonyl (C=O) groups excluding carboxylic acids is 1. The van der Waals surface area contributed by atoms with E-state index in [-0.39, 0.29) is 36.0 Å². The molecule has 4 heterocycles. The average molecular weight is 585 g/mol. The minimum Gasteiger partial charge on any atom is -0.465 e. The van der Waals surface area contributed by atoms with Crippen molar-refractivity contribution in [2.24, 2.45) is 11.8 Å². The zero-order valence-corrected chi connectivity index (χ0v) is 25.3. The van der Waals surface area contributed by atoms with E-state index in [9.17, 15) is 14.4 Å². The Morgan fingerprint density at radius 3 is 2.26 bits per heavy atom. The van der Waals surface area contributed by atoms with Crippen LogP contribution in [0.3, 0.4) is 0 Å². The van der Waals surface area contributed by atoms with Gasteiger partial charge >= 0.3 is 5.97 Å². The number of pyridine rings is 1. The minimum atomic E-state index is -0.513. The SMILES string of the molecule is CCOC(=O)Cn1c(-c2nc3ccccc3n(C3C[C@H]4CCC[C@@H](C3)N4C3C[C@H]4CCCC[C@@H](C3)C4)c2=O)cccc1=O. The fourth-order valence-electron chi connectivity index (χ4n) is 9.22. The second-order valence-electron chi connectivity index (χ2n) is 13.5. The molecular formula is C35H44N4O4. The zero-order valence-electron chi connectivity index (χ0n) is 25.3. The number of carbonyl (C=O) groups is 1. The summed E-state index contributed by atoms with van der Waals surface area (Å²) in [5.74, 6) is 1.26. The van der Waals surface area contributed by atoms with Crippen LogP contribution in [0, 0.1) is 11.8 Å². The molecule has 228 valence electrons. The third-order valence-electron chi connectivity index (χ3n) is 10.8. The Morgan fingerprint density at radius 2 is 1.53 bits per heavy atom. The fraction of sp³-hybridized carbons (Fsp3) is 0.600. The standard InChI is InChI=1S/C35H44N4O4/c1-2-43-33(41)22-37-31(15-8-16-32(37)40)34-35(42)39(30-14-6-5-13-29(30)36-34)28-20-25-11-7-12-26(21-28)38(25)27-18-23-9-3-4-10-24(17-23)19-27/h5-6,8,13-16,23-28H,2-4,7,9-12,17-22H2,1H3/t23-,24+,25-,26+,27?,28?. The van der Waals surface area contributed by atoms with Crippen LogP contribution in [0.4, 0.5) is 0 Å². The summed E-state index contributed by atoms with van der Waals surface area (Å²) < 4.78 is 8.44. The lowest BCUT2D eigenvalue weighted by molar-refractivity contribution is -0.143. The van der Waals surface area contributed by atoms with Gasteiger partial charge in [0.25, 0.3) is 11.1 Å². The van der Waals surface area contributed by atoms with Gasteiger partial charge in [-0.2, -0.15) is 0 Å². The zero-order chi connectivity index (χ0) is 29.5. The highest BCUT2D eigenvalue weighted by molar-refractivity contribution is 5.78. The Bertz CT molecular complexity index is 1580. The number of aromatic nitrogens is 3. The molecule has 8 heteroatoms. The first-order valence-electron chi connectivity index (χ1n) is 16.6. The van der Waals surface area contributed by atoms with Crippen molar-refractivity contribution in [1.29, 1.82) is 0 Å². The van der Waals surface area contributed by atoms with E-state index in [0.717, 1.165) is 35.7 Å². The van der Waals surface area contributed by atoms with Crippen molar-refractivity contribution in [2.45, 2.75) is 115 Å². The largest absolute Gasteiger partial charge is 0.465 e. The molecular weight excluding hydrogens is 540 g/mol. The van der Waals surface area contributed by atoms with Crippen molar-refractivity contribution in [3.05, 3.63) is 63.2 Å². The smallest absolute Gasteiger partial charge is 0.326 e. The van der Waals surface area contributed by atoms with Crippen molar-refractivity contribution in [1.82, 2.24) is 19.0 Å². The molecule has 0 spiro atoms. The molecule has 2 saturated heterocycles. The summed E-state index contributed by atoms with van der Waals surface area (Å²) in [4.78, 5) is 47.6. The molecule has 0 N–H and O–H groups in total. The van der Waals surface area contributed by atoms with Gasteiger partial charge in [-0.05, 0) is 81.9 Å². The van der Waals surface area contributed by atoms with Gasteiger partial charge in [-0.15, -0.1) is 0 Å². The van der Waals surface area contributed by atoms with Crippen LogP contribution in [0.25, 0.3) is 22.4 Å². The molecule has 3 aromatic rings. The Balaban J connectivity index is 1.26. The molecule has 7 rings (SSSR count). The monoisotopic (exact) mass is 584 g/mol. The summed E-state index contributed by atoms with van der Waals surface area (Å²) in [6, 6.07) is 14.3. The third kappa shape index (κ3) is 5.47. The summed E-state index contributed by atoms with van der Waals surface area (Å²) in [5.41, 5.74) is 1.58. The lowest BCUT2D eigenvalue weighted by Crippen LogP contribution is -2.58. The van der Waals surface area contributed by atoms with Crippen molar-refractivity contribution >= 4 is 17.0 Å². The highest BCUT2D eigenvalue weighted by Crippen LogP contribution is 2.47. The lowest BCUT2D eigenvalue weighted by atomic mass is 9.73. The number of fused-ring (bicyclic) bond motifs is 5. The van der Waals surface area contributed by atoms with Crippen LogP contribution >= 0.6 is 0 Å². The van der Waals surface area contributed by atoms with E-state index >= 15 is 0 Å². The number of nitrogens with zero attached hydrogens (tertiary/aromatic N) is 4. The number of esters is 1. The average Bonchev–Trinajstić information content (AvgIpc) is 3.16. The Hall–Kier alpha value is -3.26. The first kappa shape index (κ1) is 28.5. The normalized spacial score (nSPS) is 29.2. The van der Waals surface area contributed by atoms with E-state index in [1.807, 2.05) is 28.8 Å². The molecule has 2 aliphatic heterocycles. The molecule has 43 heavy (non-hydrogen) atoms. The van der Waals surface area contributed by atoms with Crippen LogP contribution in [0.5, 0.6) is 0 Å². The second kappa shape index (κ2) is 12.0. The van der Waals surface area contributed by atoms with E-state index in [2.05, 4.69) is 4.90 Å². The fourth-order valence-corrected chi connectivity index (χ4v) is 9.22. The predicted octanol–water partition coefficient (Wildman–Crippen LogP) is 5.71. The van der Waals surface area contributed by atoms with Gasteiger partial charge in [0.1, 0.15) is 6.54 Å². The van der Waals surface area contributed by atoms with Gasteiger partial charge in [0.05, 0.1) is 23.3 Å². The number of hydrogen-bond donors (Lipinski definition) is 0. The van der Waals surface area contributed by atoms with Crippen LogP contribution in [-0.2, 0) is 16.1 Å². The molecule has 1 aromatic carbocycles. The minimum absolute atomic E-state index is 0.0607. The Kier molecular flexibility index (Phi) is 7.97. The number of hydrogen-bond acceptors (Lipinski definition) is 6. The highest BCUT2D eigenvalue weighted by atomic mass is 16.5. The number of piperidine rings is 2. The molecule has 0 amide bonds. The van der Waals surface area contributed by atoms with Crippen LogP contribution < -0.4 is 11.1 Å². The molecule has 2 aliphatic carbocycles. The highest BCUT2D eigenvalue weighted by Gasteiger charge is 2.45. The van der Waals surface area contributed by atoms with Crippen molar-refractivity contribution in [3.63, 3.8) is 0 Å². The summed E-state index contributed by atoms with van der Waals surface area (Å²) in [7, 11) is 0. The molecule has 2 aromatic heterocycles. The molecule has 2 saturated carbocycles. The number of para-hydroxylation sites is 2. The summed E-state index contributed by atoms with van der Waals surface area (Å²) in [5, 5.41) is 0. The topological polar surface area (TPSA) is 86.4 Å². The van der Waals surface area contributed by atoms with Gasteiger partial charge in [-0.3, -0.25) is 23.9 Å².